The molecule has 3 aromatic heterocycles. The van der Waals surface area contributed by atoms with Gasteiger partial charge in [-0.1, -0.05) is 12.1 Å². The van der Waals surface area contributed by atoms with Gasteiger partial charge in [-0.15, -0.1) is 13.5 Å². The fourth-order valence-electron chi connectivity index (χ4n) is 10.4. The number of hydrogen-bond donors (Lipinski definition) is 6. The molecule has 7 heterocycles. The van der Waals surface area contributed by atoms with Gasteiger partial charge in [0.05, 0.1) is 66.8 Å². The summed E-state index contributed by atoms with van der Waals surface area (Å²) in [5, 5.41) is 70.2. The molecule has 5 aromatic rings. The molecular formula is C50H50FN7O21S2. The third kappa shape index (κ3) is 10.5. The summed E-state index contributed by atoms with van der Waals surface area (Å²) < 4.78 is 80.0. The van der Waals surface area contributed by atoms with Crippen LogP contribution in [-0.4, -0.2) is 178 Å². The Kier molecular flexibility index (Phi) is 15.4. The maximum Gasteiger partial charge on any atom is 0.501 e. The summed E-state index contributed by atoms with van der Waals surface area (Å²) in [6.07, 6.45) is -6.97. The first-order valence-corrected chi connectivity index (χ1v) is 27.7. The van der Waals surface area contributed by atoms with Crippen LogP contribution in [0.1, 0.15) is 70.1 Å². The molecule has 4 aliphatic heterocycles. The highest BCUT2D eigenvalue weighted by atomic mass is 32.3. The number of aromatic nitrogens is 5. The molecule has 1 unspecified atom stereocenters. The average Bonchev–Trinajstić information content (AvgIpc) is 4.36. The quantitative estimate of drug-likeness (QED) is 0.0319. The number of carbonyl (C=O) groups is 6. The van der Waals surface area contributed by atoms with Crippen molar-refractivity contribution in [2.45, 2.75) is 107 Å². The van der Waals surface area contributed by atoms with Gasteiger partial charge in [-0.3, -0.25) is 28.9 Å². The summed E-state index contributed by atoms with van der Waals surface area (Å²) in [5.74, 6) is -9.64. The number of rotatable bonds is 20. The van der Waals surface area contributed by atoms with Gasteiger partial charge >= 0.3 is 28.3 Å². The SMILES string of the molecule is CC[C@@]1(O)C(=O)OCc2c1cc1n(c2=O)Cc2c-1nc1cc(F)c(OS(=O)(=O)Oc3cc(C(=O)N(CCOCCn4cc(CN5C(=O)CC(SC)C5=O)nn4)CC(=O)O)ccc3O[C@@H]3O[C@H](C(=O)O)[C@@H](O)[C@H](O)[C@H]3O)c3c1c2CCC3. The van der Waals surface area contributed by atoms with E-state index in [2.05, 4.69) is 10.3 Å². The van der Waals surface area contributed by atoms with Gasteiger partial charge in [-0.2, -0.15) is 11.8 Å². The molecule has 5 aliphatic rings. The third-order valence-corrected chi connectivity index (χ3v) is 16.2. The molecule has 1 aliphatic carbocycles. The average molecular weight is 1170 g/mol. The zero-order chi connectivity index (χ0) is 58.0. The number of carboxylic acid groups (broad SMARTS) is 2. The Balaban J connectivity index is 0.908. The number of cyclic esters (lactones) is 1. The number of ether oxygens (including phenoxy) is 4. The Bertz CT molecular complexity index is 3630. The number of likely N-dealkylation sites (tertiary alicyclic amines) is 1. The van der Waals surface area contributed by atoms with Gasteiger partial charge in [-0.05, 0) is 61.8 Å². The fraction of sp³-hybridized carbons (Fsp3) is 0.440. The second-order valence-corrected chi connectivity index (χ2v) is 21.7. The number of aliphatic hydroxyl groups excluding tert-OH is 3. The van der Waals surface area contributed by atoms with Crippen molar-refractivity contribution in [3.63, 3.8) is 0 Å². The molecule has 81 heavy (non-hydrogen) atoms. The van der Waals surface area contributed by atoms with Crippen molar-refractivity contribution in [3.05, 3.63) is 91.8 Å². The van der Waals surface area contributed by atoms with E-state index in [0.717, 1.165) is 34.1 Å². The van der Waals surface area contributed by atoms with Crippen LogP contribution >= 0.6 is 11.8 Å². The van der Waals surface area contributed by atoms with Gasteiger partial charge < -0.3 is 67.4 Å². The highest BCUT2D eigenvalue weighted by molar-refractivity contribution is 8.00. The lowest BCUT2D eigenvalue weighted by Gasteiger charge is -2.38. The van der Waals surface area contributed by atoms with Crippen molar-refractivity contribution in [1.82, 2.24) is 34.3 Å². The Morgan fingerprint density at radius 2 is 1.73 bits per heavy atom. The predicted molar refractivity (Wildman–Crippen MR) is 270 cm³/mol. The first-order valence-electron chi connectivity index (χ1n) is 25.1. The van der Waals surface area contributed by atoms with E-state index >= 15 is 4.39 Å². The van der Waals surface area contributed by atoms with E-state index in [1.54, 1.807) is 13.2 Å². The van der Waals surface area contributed by atoms with Crippen LogP contribution in [-0.2, 0) is 93.3 Å². The molecule has 2 aromatic carbocycles. The maximum absolute atomic E-state index is 16.5. The number of thioether (sulfide) groups is 1. The molecule has 0 radical (unpaired) electrons. The summed E-state index contributed by atoms with van der Waals surface area (Å²) in [4.78, 5) is 96.3. The number of amides is 3. The number of hydrogen-bond acceptors (Lipinski definition) is 23. The minimum atomic E-state index is -5.57. The number of esters is 1. The second-order valence-electron chi connectivity index (χ2n) is 19.5. The Morgan fingerprint density at radius 1 is 0.963 bits per heavy atom. The van der Waals surface area contributed by atoms with Gasteiger partial charge in [-0.25, -0.2) is 23.6 Å². The van der Waals surface area contributed by atoms with E-state index in [9.17, 15) is 72.6 Å². The molecule has 10 rings (SSSR count). The Hall–Kier alpha value is -7.65. The van der Waals surface area contributed by atoms with Gasteiger partial charge in [0.25, 0.3) is 11.5 Å². The monoisotopic (exact) mass is 1170 g/mol. The van der Waals surface area contributed by atoms with Crippen LogP contribution < -0.4 is 18.7 Å². The minimum absolute atomic E-state index is 0.0284. The number of nitrogens with zero attached hydrogens (tertiary/aromatic N) is 7. The van der Waals surface area contributed by atoms with E-state index < -0.39 is 117 Å². The lowest BCUT2D eigenvalue weighted by atomic mass is 9.85. The minimum Gasteiger partial charge on any atom is -0.480 e. The number of fused-ring (bicyclic) bond motifs is 5. The van der Waals surface area contributed by atoms with Crippen LogP contribution in [0.15, 0.2) is 41.3 Å². The summed E-state index contributed by atoms with van der Waals surface area (Å²) in [6, 6.07) is 5.05. The van der Waals surface area contributed by atoms with E-state index in [-0.39, 0.29) is 111 Å². The number of carbonyl (C=O) groups excluding carboxylic acids is 4. The standard InChI is InChI=1S/C50H50FN7O21S2/c1-3-50(71)28-14-31-38-26(19-57(31)45(66)27(28)21-75-49(50)70)24-5-4-6-25-37(24)30(52-38)15-29(51)42(25)79-81(72,73)78-33-13-22(7-8-32(33)76-48-41(64)39(62)40(63)43(77-48)47(68)69)44(65)55(20-36(60)61)9-11-74-12-10-56-17-23(53-54-56)18-58-35(59)16-34(80-2)46(58)67/h7-8,13-15,17,34,39-41,43,48,62-64,71H,3-6,9-12,16,18-21H2,1-2H3,(H,60,61)(H,68,69)/t34?,39-,40-,41+,43-,48+,50-/m0/s1. The van der Waals surface area contributed by atoms with E-state index in [1.807, 2.05) is 0 Å². The topological polar surface area (TPSA) is 385 Å². The zero-order valence-electron chi connectivity index (χ0n) is 42.8. The van der Waals surface area contributed by atoms with Crippen LogP contribution in [0.4, 0.5) is 4.39 Å². The van der Waals surface area contributed by atoms with Gasteiger partial charge in [0, 0.05) is 46.7 Å². The smallest absolute Gasteiger partial charge is 0.480 e. The molecule has 430 valence electrons. The molecule has 0 bridgehead atoms. The molecule has 31 heteroatoms. The van der Waals surface area contributed by atoms with E-state index in [4.69, 9.17) is 32.3 Å². The number of aliphatic carboxylic acids is 2. The normalized spacial score (nSPS) is 23.0. The lowest BCUT2D eigenvalue weighted by Crippen LogP contribution is -2.61. The van der Waals surface area contributed by atoms with Crippen molar-refractivity contribution < 1.29 is 99.5 Å². The number of imide groups is 1. The van der Waals surface area contributed by atoms with Crippen LogP contribution in [0.3, 0.4) is 0 Å². The fourth-order valence-corrected chi connectivity index (χ4v) is 11.8. The maximum atomic E-state index is 16.5. The van der Waals surface area contributed by atoms with Gasteiger partial charge in [0.2, 0.25) is 18.1 Å². The summed E-state index contributed by atoms with van der Waals surface area (Å²) in [7, 11) is -5.57. The zero-order valence-corrected chi connectivity index (χ0v) is 44.4. The Labute approximate surface area is 460 Å². The molecule has 7 atom stereocenters. The van der Waals surface area contributed by atoms with Gasteiger partial charge in [0.1, 0.15) is 37.2 Å². The summed E-state index contributed by atoms with van der Waals surface area (Å²) in [6.45, 7) is -0.420. The first-order chi connectivity index (χ1) is 38.5. The van der Waals surface area contributed by atoms with Crippen molar-refractivity contribution in [3.8, 4) is 28.6 Å². The molecule has 28 nitrogen and oxygen atoms in total. The number of carboxylic acids is 2. The molecular weight excluding hydrogens is 1120 g/mol. The number of benzene rings is 2. The second kappa shape index (κ2) is 22.0. The van der Waals surface area contributed by atoms with Crippen LogP contribution in [0.2, 0.25) is 0 Å². The third-order valence-electron chi connectivity index (χ3n) is 14.6. The van der Waals surface area contributed by atoms with E-state index in [0.29, 0.717) is 35.0 Å². The van der Waals surface area contributed by atoms with E-state index in [1.165, 1.54) is 33.3 Å². The van der Waals surface area contributed by atoms with Crippen LogP contribution in [0.25, 0.3) is 22.3 Å². The summed E-state index contributed by atoms with van der Waals surface area (Å²) >= 11 is 1.27. The highest BCUT2D eigenvalue weighted by Gasteiger charge is 2.49. The number of halogens is 1. The molecule has 0 spiro atoms. The van der Waals surface area contributed by atoms with Crippen LogP contribution in [0, 0.1) is 5.82 Å². The molecule has 3 amide bonds. The number of aryl methyl sites for hydroxylation is 2. The Morgan fingerprint density at radius 3 is 2.44 bits per heavy atom. The highest BCUT2D eigenvalue weighted by Crippen LogP contribution is 2.45. The number of aliphatic hydroxyl groups is 4. The molecule has 2 fully saturated rings. The van der Waals surface area contributed by atoms with Crippen molar-refractivity contribution in [2.24, 2.45) is 0 Å². The predicted octanol–water partition coefficient (Wildman–Crippen LogP) is -0.493. The molecule has 6 N–H and O–H groups in total. The van der Waals surface area contributed by atoms with Crippen molar-refractivity contribution >= 4 is 68.7 Å². The van der Waals surface area contributed by atoms with Crippen LogP contribution in [0.5, 0.6) is 17.2 Å². The molecule has 0 saturated carbocycles. The molecule has 2 saturated heterocycles. The largest absolute Gasteiger partial charge is 0.501 e. The summed E-state index contributed by atoms with van der Waals surface area (Å²) in [5.41, 5.74) is -0.940. The first kappa shape index (κ1) is 56.6. The lowest BCUT2D eigenvalue weighted by molar-refractivity contribution is -0.271. The van der Waals surface area contributed by atoms with Gasteiger partial charge in [0.15, 0.2) is 34.8 Å². The van der Waals surface area contributed by atoms with Crippen molar-refractivity contribution in [1.29, 1.82) is 0 Å². The number of pyridine rings is 2. The van der Waals surface area contributed by atoms with Crippen molar-refractivity contribution in [2.75, 3.05) is 32.6 Å².